The predicted octanol–water partition coefficient (Wildman–Crippen LogP) is 3.03. The van der Waals surface area contributed by atoms with Gasteiger partial charge in [0.05, 0.1) is 10.6 Å². The lowest BCUT2D eigenvalue weighted by Gasteiger charge is -2.12. The molecular weight excluding hydrogens is 329 g/mol. The number of aromatic nitrogens is 2. The van der Waals surface area contributed by atoms with Crippen molar-refractivity contribution < 1.29 is 13.2 Å². The Bertz CT molecular complexity index is 770. The molecule has 0 aliphatic heterocycles. The molecular formula is C12H8ClF3N2O2S. The van der Waals surface area contributed by atoms with Crippen molar-refractivity contribution in [3.8, 4) is 0 Å². The van der Waals surface area contributed by atoms with E-state index in [9.17, 15) is 22.8 Å². The van der Waals surface area contributed by atoms with E-state index < -0.39 is 22.9 Å². The first-order valence-corrected chi connectivity index (χ1v) is 6.94. The van der Waals surface area contributed by atoms with Gasteiger partial charge in [-0.05, 0) is 17.7 Å². The Labute approximate surface area is 125 Å². The number of thioether (sulfide) groups is 1. The third kappa shape index (κ3) is 3.92. The normalized spacial score (nSPS) is 11.6. The highest BCUT2D eigenvalue weighted by atomic mass is 35.5. The molecule has 0 aliphatic carbocycles. The lowest BCUT2D eigenvalue weighted by molar-refractivity contribution is -0.138. The maximum atomic E-state index is 12.9. The minimum absolute atomic E-state index is 0.00600. The fraction of sp³-hybridized carbons (Fsp3) is 0.167. The fourth-order valence-electron chi connectivity index (χ4n) is 1.57. The second-order valence-electron chi connectivity index (χ2n) is 4.02. The van der Waals surface area contributed by atoms with Crippen molar-refractivity contribution in [2.24, 2.45) is 0 Å². The Hall–Kier alpha value is -1.67. The van der Waals surface area contributed by atoms with Crippen LogP contribution in [0.15, 0.2) is 39.0 Å². The summed E-state index contributed by atoms with van der Waals surface area (Å²) in [5.74, 6) is -0.0337. The highest BCUT2D eigenvalue weighted by Crippen LogP contribution is 2.35. The standard InChI is InChI=1S/C12H8ClF3N2O2S/c13-7-2-1-6(8(3-7)12(14,15)16)5-21-9-4-17-10(19)11(20)18-9/h1-4H,5H2,(H,17,19)(H,18,20). The molecule has 9 heteroatoms. The van der Waals surface area contributed by atoms with E-state index in [2.05, 4.69) is 9.97 Å². The topological polar surface area (TPSA) is 65.7 Å². The van der Waals surface area contributed by atoms with Crippen LogP contribution in [0.1, 0.15) is 11.1 Å². The van der Waals surface area contributed by atoms with E-state index in [0.29, 0.717) is 0 Å². The molecule has 2 aromatic rings. The summed E-state index contributed by atoms with van der Waals surface area (Å²) in [6, 6.07) is 3.50. The number of hydrogen-bond donors (Lipinski definition) is 2. The van der Waals surface area contributed by atoms with Crippen LogP contribution in [0.3, 0.4) is 0 Å². The van der Waals surface area contributed by atoms with Crippen LogP contribution in [0.4, 0.5) is 13.2 Å². The summed E-state index contributed by atoms with van der Waals surface area (Å²) in [5.41, 5.74) is -2.47. The van der Waals surface area contributed by atoms with Gasteiger partial charge >= 0.3 is 17.3 Å². The average molecular weight is 337 g/mol. The molecule has 2 N–H and O–H groups in total. The molecule has 4 nitrogen and oxygen atoms in total. The Morgan fingerprint density at radius 2 is 1.90 bits per heavy atom. The molecule has 21 heavy (non-hydrogen) atoms. The second kappa shape index (κ2) is 5.98. The number of rotatable bonds is 3. The van der Waals surface area contributed by atoms with Gasteiger partial charge in [-0.25, -0.2) is 0 Å². The smallest absolute Gasteiger partial charge is 0.322 e. The van der Waals surface area contributed by atoms with E-state index >= 15 is 0 Å². The molecule has 0 aliphatic rings. The van der Waals surface area contributed by atoms with Gasteiger partial charge in [0.1, 0.15) is 0 Å². The summed E-state index contributed by atoms with van der Waals surface area (Å²) in [4.78, 5) is 26.5. The molecule has 2 rings (SSSR count). The highest BCUT2D eigenvalue weighted by molar-refractivity contribution is 7.98. The Kier molecular flexibility index (Phi) is 4.48. The van der Waals surface area contributed by atoms with E-state index in [0.717, 1.165) is 17.8 Å². The van der Waals surface area contributed by atoms with Gasteiger partial charge in [0, 0.05) is 17.0 Å². The quantitative estimate of drug-likeness (QED) is 0.669. The number of H-pyrrole nitrogens is 2. The summed E-state index contributed by atoms with van der Waals surface area (Å²) >= 11 is 6.55. The van der Waals surface area contributed by atoms with Gasteiger partial charge in [0.2, 0.25) is 0 Å². The zero-order valence-corrected chi connectivity index (χ0v) is 11.8. The van der Waals surface area contributed by atoms with Crippen LogP contribution in [0.2, 0.25) is 5.02 Å². The number of nitrogens with one attached hydrogen (secondary N) is 2. The molecule has 1 heterocycles. The van der Waals surface area contributed by atoms with Gasteiger partial charge in [-0.1, -0.05) is 17.7 Å². The molecule has 112 valence electrons. The molecule has 1 aromatic carbocycles. The third-order valence-corrected chi connectivity index (χ3v) is 3.76. The van der Waals surface area contributed by atoms with Gasteiger partial charge in [-0.15, -0.1) is 11.8 Å². The molecule has 0 spiro atoms. The van der Waals surface area contributed by atoms with Gasteiger partial charge in [0.15, 0.2) is 0 Å². The number of aromatic amines is 2. The summed E-state index contributed by atoms with van der Waals surface area (Å²) in [7, 11) is 0. The molecule has 0 radical (unpaired) electrons. The molecule has 1 aromatic heterocycles. The largest absolute Gasteiger partial charge is 0.416 e. The third-order valence-electron chi connectivity index (χ3n) is 2.54. The van der Waals surface area contributed by atoms with E-state index in [1.165, 1.54) is 18.3 Å². The fourth-order valence-corrected chi connectivity index (χ4v) is 2.62. The minimum atomic E-state index is -4.51. The maximum Gasteiger partial charge on any atom is 0.416 e. The maximum absolute atomic E-state index is 12.9. The Balaban J connectivity index is 2.26. The van der Waals surface area contributed by atoms with Crippen molar-refractivity contribution in [3.63, 3.8) is 0 Å². The number of hydrogen-bond acceptors (Lipinski definition) is 3. The summed E-state index contributed by atoms with van der Waals surface area (Å²) in [6.45, 7) is 0. The predicted molar refractivity (Wildman–Crippen MR) is 73.7 cm³/mol. The number of benzene rings is 1. The Morgan fingerprint density at radius 1 is 1.19 bits per heavy atom. The van der Waals surface area contributed by atoms with Crippen molar-refractivity contribution in [2.45, 2.75) is 17.0 Å². The summed E-state index contributed by atoms with van der Waals surface area (Å²) in [5, 5.41) is 0.260. The highest BCUT2D eigenvalue weighted by Gasteiger charge is 2.33. The first-order chi connectivity index (χ1) is 9.77. The monoisotopic (exact) mass is 336 g/mol. The number of halogens is 4. The van der Waals surface area contributed by atoms with Crippen LogP contribution in [0.25, 0.3) is 0 Å². The van der Waals surface area contributed by atoms with Crippen LogP contribution < -0.4 is 11.1 Å². The van der Waals surface area contributed by atoms with E-state index in [4.69, 9.17) is 11.6 Å². The summed E-state index contributed by atoms with van der Waals surface area (Å²) < 4.78 is 38.7. The molecule has 0 saturated heterocycles. The van der Waals surface area contributed by atoms with Crippen LogP contribution >= 0.6 is 23.4 Å². The summed E-state index contributed by atoms with van der Waals surface area (Å²) in [6.07, 6.45) is -3.28. The average Bonchev–Trinajstić information content (AvgIpc) is 2.40. The second-order valence-corrected chi connectivity index (χ2v) is 5.48. The van der Waals surface area contributed by atoms with E-state index in [1.54, 1.807) is 0 Å². The molecule has 0 fully saturated rings. The van der Waals surface area contributed by atoms with Crippen molar-refractivity contribution in [2.75, 3.05) is 0 Å². The van der Waals surface area contributed by atoms with Crippen molar-refractivity contribution in [1.82, 2.24) is 9.97 Å². The molecule has 0 amide bonds. The van der Waals surface area contributed by atoms with E-state index in [1.807, 2.05) is 0 Å². The van der Waals surface area contributed by atoms with Crippen LogP contribution in [-0.4, -0.2) is 9.97 Å². The Morgan fingerprint density at radius 3 is 2.52 bits per heavy atom. The molecule has 0 atom stereocenters. The SMILES string of the molecule is O=c1[nH]cc(SCc2ccc(Cl)cc2C(F)(F)F)[nH]c1=O. The van der Waals surface area contributed by atoms with Crippen LogP contribution in [0.5, 0.6) is 0 Å². The molecule has 0 saturated carbocycles. The lowest BCUT2D eigenvalue weighted by atomic mass is 10.1. The lowest BCUT2D eigenvalue weighted by Crippen LogP contribution is -2.28. The first kappa shape index (κ1) is 15.7. The molecule has 0 unspecified atom stereocenters. The van der Waals surface area contributed by atoms with Crippen LogP contribution in [-0.2, 0) is 11.9 Å². The number of alkyl halides is 3. The van der Waals surface area contributed by atoms with Gasteiger partial charge < -0.3 is 9.97 Å². The minimum Gasteiger partial charge on any atom is -0.322 e. The van der Waals surface area contributed by atoms with Crippen molar-refractivity contribution >= 4 is 23.4 Å². The van der Waals surface area contributed by atoms with Gasteiger partial charge in [-0.2, -0.15) is 13.2 Å². The van der Waals surface area contributed by atoms with Gasteiger partial charge in [0.25, 0.3) is 0 Å². The van der Waals surface area contributed by atoms with Crippen LogP contribution in [0, 0.1) is 0 Å². The van der Waals surface area contributed by atoms with Crippen molar-refractivity contribution in [3.05, 3.63) is 61.3 Å². The molecule has 0 bridgehead atoms. The van der Waals surface area contributed by atoms with E-state index in [-0.39, 0.29) is 21.4 Å². The van der Waals surface area contributed by atoms with Gasteiger partial charge in [-0.3, -0.25) is 9.59 Å². The zero-order valence-electron chi connectivity index (χ0n) is 10.3. The zero-order chi connectivity index (χ0) is 15.6. The first-order valence-electron chi connectivity index (χ1n) is 5.58. The van der Waals surface area contributed by atoms with Crippen molar-refractivity contribution in [1.29, 1.82) is 0 Å².